The van der Waals surface area contributed by atoms with E-state index < -0.39 is 5.78 Å². The Balaban J connectivity index is 2.40. The van der Waals surface area contributed by atoms with Crippen LogP contribution in [0, 0.1) is 0 Å². The zero-order valence-corrected chi connectivity index (χ0v) is 13.6. The van der Waals surface area contributed by atoms with Gasteiger partial charge in [-0.1, -0.05) is 18.2 Å². The highest BCUT2D eigenvalue weighted by Crippen LogP contribution is 2.46. The maximum absolute atomic E-state index is 12.4. The lowest BCUT2D eigenvalue weighted by Crippen LogP contribution is -2.01. The number of methoxy groups -OCH3 is 3. The standard InChI is InChI=1S/C18H18O6/c1-22-15-10-13(16(21)18(24-3)17(15)23-2)14(20)9-6-11-4-7-12(19)8-5-11/h4-10,19,21H,1-3H3/b9-6+. The molecule has 6 nitrogen and oxygen atoms in total. The third-order valence-corrected chi connectivity index (χ3v) is 3.39. The van der Waals surface area contributed by atoms with E-state index in [0.717, 1.165) is 5.56 Å². The molecule has 0 heterocycles. The molecule has 0 atom stereocenters. The van der Waals surface area contributed by atoms with Crippen LogP contribution in [-0.2, 0) is 0 Å². The number of carbonyl (C=O) groups excluding carboxylic acids is 1. The number of hydrogen-bond donors (Lipinski definition) is 2. The van der Waals surface area contributed by atoms with Crippen LogP contribution >= 0.6 is 0 Å². The smallest absolute Gasteiger partial charge is 0.207 e. The first-order valence-corrected chi connectivity index (χ1v) is 7.05. The van der Waals surface area contributed by atoms with E-state index in [0.29, 0.717) is 0 Å². The van der Waals surface area contributed by atoms with Crippen molar-refractivity contribution >= 4 is 11.9 Å². The molecular formula is C18H18O6. The van der Waals surface area contributed by atoms with Crippen molar-refractivity contribution in [1.29, 1.82) is 0 Å². The van der Waals surface area contributed by atoms with Gasteiger partial charge in [-0.3, -0.25) is 4.79 Å². The predicted octanol–water partition coefficient (Wildman–Crippen LogP) is 3.02. The second kappa shape index (κ2) is 7.41. The van der Waals surface area contributed by atoms with Crippen LogP contribution in [0.15, 0.2) is 36.4 Å². The Labute approximate surface area is 139 Å². The maximum atomic E-state index is 12.4. The lowest BCUT2D eigenvalue weighted by Gasteiger charge is -2.15. The summed E-state index contributed by atoms with van der Waals surface area (Å²) in [6.07, 6.45) is 2.89. The summed E-state index contributed by atoms with van der Waals surface area (Å²) in [6, 6.07) is 7.74. The molecule has 0 radical (unpaired) electrons. The van der Waals surface area contributed by atoms with Crippen LogP contribution in [0.4, 0.5) is 0 Å². The quantitative estimate of drug-likeness (QED) is 0.625. The van der Waals surface area contributed by atoms with Crippen LogP contribution in [0.25, 0.3) is 6.08 Å². The van der Waals surface area contributed by atoms with E-state index in [2.05, 4.69) is 0 Å². The number of phenolic OH excluding ortho intramolecular Hbond substituents is 2. The molecule has 0 saturated heterocycles. The first-order valence-electron chi connectivity index (χ1n) is 7.05. The summed E-state index contributed by atoms with van der Waals surface area (Å²) in [5.74, 6) is -0.112. The molecule has 0 aromatic heterocycles. The Bertz CT molecular complexity index is 762. The largest absolute Gasteiger partial charge is 0.508 e. The van der Waals surface area contributed by atoms with E-state index >= 15 is 0 Å². The van der Waals surface area contributed by atoms with E-state index in [4.69, 9.17) is 14.2 Å². The van der Waals surface area contributed by atoms with Crippen LogP contribution in [0.2, 0.25) is 0 Å². The lowest BCUT2D eigenvalue weighted by atomic mass is 10.1. The molecule has 126 valence electrons. The molecule has 0 aliphatic heterocycles. The summed E-state index contributed by atoms with van der Waals surface area (Å²) < 4.78 is 15.4. The van der Waals surface area contributed by atoms with Gasteiger partial charge in [-0.2, -0.15) is 0 Å². The van der Waals surface area contributed by atoms with Gasteiger partial charge in [0, 0.05) is 0 Å². The molecule has 0 aliphatic rings. The number of phenols is 2. The second-order valence-corrected chi connectivity index (χ2v) is 4.83. The zero-order chi connectivity index (χ0) is 17.7. The summed E-state index contributed by atoms with van der Waals surface area (Å²) in [4.78, 5) is 12.4. The monoisotopic (exact) mass is 330 g/mol. The van der Waals surface area contributed by atoms with Crippen molar-refractivity contribution in [3.05, 3.63) is 47.5 Å². The summed E-state index contributed by atoms with van der Waals surface area (Å²) in [5, 5.41) is 19.5. The fourth-order valence-corrected chi connectivity index (χ4v) is 2.18. The number of allylic oxidation sites excluding steroid dienone is 1. The number of ether oxygens (including phenoxy) is 3. The number of ketones is 1. The van der Waals surface area contributed by atoms with Gasteiger partial charge in [0.05, 0.1) is 26.9 Å². The Hall–Kier alpha value is -3.15. The van der Waals surface area contributed by atoms with Gasteiger partial charge in [-0.15, -0.1) is 0 Å². The van der Waals surface area contributed by atoms with Gasteiger partial charge in [0.2, 0.25) is 11.5 Å². The van der Waals surface area contributed by atoms with E-state index in [1.54, 1.807) is 18.2 Å². The first-order chi connectivity index (χ1) is 11.5. The van der Waals surface area contributed by atoms with E-state index in [1.165, 1.54) is 45.6 Å². The maximum Gasteiger partial charge on any atom is 0.207 e. The highest BCUT2D eigenvalue weighted by atomic mass is 16.5. The summed E-state index contributed by atoms with van der Waals surface area (Å²) >= 11 is 0. The normalized spacial score (nSPS) is 10.6. The predicted molar refractivity (Wildman–Crippen MR) is 89.2 cm³/mol. The fourth-order valence-electron chi connectivity index (χ4n) is 2.18. The molecule has 0 spiro atoms. The van der Waals surface area contributed by atoms with Crippen LogP contribution in [0.3, 0.4) is 0 Å². The number of hydrogen-bond acceptors (Lipinski definition) is 6. The number of carbonyl (C=O) groups is 1. The minimum Gasteiger partial charge on any atom is -0.508 e. The fraction of sp³-hybridized carbons (Fsp3) is 0.167. The minimum atomic E-state index is -0.431. The third-order valence-electron chi connectivity index (χ3n) is 3.39. The van der Waals surface area contributed by atoms with Gasteiger partial charge >= 0.3 is 0 Å². The molecule has 2 N–H and O–H groups in total. The second-order valence-electron chi connectivity index (χ2n) is 4.83. The number of benzene rings is 2. The Morgan fingerprint density at radius 2 is 1.58 bits per heavy atom. The molecule has 2 rings (SSSR count). The van der Waals surface area contributed by atoms with Crippen molar-refractivity contribution in [1.82, 2.24) is 0 Å². The highest BCUT2D eigenvalue weighted by molar-refractivity contribution is 6.09. The van der Waals surface area contributed by atoms with Crippen molar-refractivity contribution in [2.45, 2.75) is 0 Å². The first kappa shape index (κ1) is 17.2. The molecule has 24 heavy (non-hydrogen) atoms. The minimum absolute atomic E-state index is 0.0261. The zero-order valence-electron chi connectivity index (χ0n) is 13.6. The number of rotatable bonds is 6. The molecule has 0 fully saturated rings. The molecule has 0 aliphatic carbocycles. The van der Waals surface area contributed by atoms with Gasteiger partial charge in [-0.05, 0) is 29.8 Å². The molecule has 0 bridgehead atoms. The molecule has 0 saturated carbocycles. The van der Waals surface area contributed by atoms with Crippen molar-refractivity contribution in [2.24, 2.45) is 0 Å². The average Bonchev–Trinajstić information content (AvgIpc) is 2.60. The molecule has 6 heteroatoms. The topological polar surface area (TPSA) is 85.2 Å². The van der Waals surface area contributed by atoms with Gasteiger partial charge in [0.25, 0.3) is 0 Å². The van der Waals surface area contributed by atoms with E-state index in [1.807, 2.05) is 0 Å². The summed E-state index contributed by atoms with van der Waals surface area (Å²) in [5.41, 5.74) is 0.757. The average molecular weight is 330 g/mol. The molecule has 2 aromatic carbocycles. The van der Waals surface area contributed by atoms with Crippen LogP contribution in [0.5, 0.6) is 28.7 Å². The number of aromatic hydroxyl groups is 2. The molecule has 0 amide bonds. The van der Waals surface area contributed by atoms with Gasteiger partial charge in [0.15, 0.2) is 17.3 Å². The van der Waals surface area contributed by atoms with Crippen LogP contribution in [0.1, 0.15) is 15.9 Å². The lowest BCUT2D eigenvalue weighted by molar-refractivity contribution is 0.104. The van der Waals surface area contributed by atoms with E-state index in [9.17, 15) is 15.0 Å². The summed E-state index contributed by atoms with van der Waals surface area (Å²) in [7, 11) is 4.19. The van der Waals surface area contributed by atoms with E-state index in [-0.39, 0.29) is 34.3 Å². The summed E-state index contributed by atoms with van der Waals surface area (Å²) in [6.45, 7) is 0. The van der Waals surface area contributed by atoms with Crippen LogP contribution < -0.4 is 14.2 Å². The van der Waals surface area contributed by atoms with Crippen molar-refractivity contribution < 1.29 is 29.2 Å². The Morgan fingerprint density at radius 3 is 2.12 bits per heavy atom. The molecular weight excluding hydrogens is 312 g/mol. The van der Waals surface area contributed by atoms with Crippen LogP contribution in [-0.4, -0.2) is 37.3 Å². The van der Waals surface area contributed by atoms with Crippen molar-refractivity contribution in [2.75, 3.05) is 21.3 Å². The third kappa shape index (κ3) is 3.43. The van der Waals surface area contributed by atoms with Gasteiger partial charge in [0.1, 0.15) is 5.75 Å². The Kier molecular flexibility index (Phi) is 5.31. The SMILES string of the molecule is COc1cc(C(=O)/C=C/c2ccc(O)cc2)c(O)c(OC)c1OC. The Morgan fingerprint density at radius 1 is 0.958 bits per heavy atom. The molecule has 2 aromatic rings. The molecule has 0 unspecified atom stereocenters. The van der Waals surface area contributed by atoms with Gasteiger partial charge in [-0.25, -0.2) is 0 Å². The van der Waals surface area contributed by atoms with Crippen molar-refractivity contribution in [3.63, 3.8) is 0 Å². The van der Waals surface area contributed by atoms with Crippen molar-refractivity contribution in [3.8, 4) is 28.7 Å². The highest BCUT2D eigenvalue weighted by Gasteiger charge is 2.22. The van der Waals surface area contributed by atoms with Gasteiger partial charge < -0.3 is 24.4 Å².